The molecule has 2 rings (SSSR count). The topological polar surface area (TPSA) is 67.9 Å². The lowest BCUT2D eigenvalue weighted by Crippen LogP contribution is -2.25. The van der Waals surface area contributed by atoms with Gasteiger partial charge in [-0.05, 0) is 30.7 Å². The second kappa shape index (κ2) is 6.42. The molecule has 0 saturated heterocycles. The highest BCUT2D eigenvalue weighted by molar-refractivity contribution is 6.30. The Morgan fingerprint density at radius 3 is 2.81 bits per heavy atom. The van der Waals surface area contributed by atoms with E-state index in [1.165, 1.54) is 10.7 Å². The highest BCUT2D eigenvalue weighted by Crippen LogP contribution is 2.31. The lowest BCUT2D eigenvalue weighted by molar-refractivity contribution is 0.416. The Hall–Kier alpha value is -2.32. The van der Waals surface area contributed by atoms with Crippen molar-refractivity contribution in [3.8, 4) is 23.1 Å². The van der Waals surface area contributed by atoms with E-state index < -0.39 is 0 Å². The van der Waals surface area contributed by atoms with Crippen molar-refractivity contribution in [1.29, 1.82) is 5.26 Å². The van der Waals surface area contributed by atoms with Gasteiger partial charge in [-0.3, -0.25) is 4.79 Å². The molecule has 1 aromatic carbocycles. The van der Waals surface area contributed by atoms with Crippen LogP contribution in [0.1, 0.15) is 18.9 Å². The molecule has 0 amide bonds. The van der Waals surface area contributed by atoms with Crippen LogP contribution in [0.25, 0.3) is 11.3 Å². The molecule has 21 heavy (non-hydrogen) atoms. The zero-order valence-electron chi connectivity index (χ0n) is 11.8. The van der Waals surface area contributed by atoms with Crippen molar-refractivity contribution in [1.82, 2.24) is 9.78 Å². The highest BCUT2D eigenvalue weighted by atomic mass is 35.5. The van der Waals surface area contributed by atoms with Gasteiger partial charge in [-0.2, -0.15) is 10.4 Å². The van der Waals surface area contributed by atoms with Crippen LogP contribution in [0.2, 0.25) is 5.02 Å². The van der Waals surface area contributed by atoms with Gasteiger partial charge >= 0.3 is 0 Å². The molecule has 0 spiro atoms. The quantitative estimate of drug-likeness (QED) is 0.871. The fourth-order valence-electron chi connectivity index (χ4n) is 2.00. The lowest BCUT2D eigenvalue weighted by atomic mass is 10.1. The summed E-state index contributed by atoms with van der Waals surface area (Å²) in [5, 5.41) is 13.9. The number of methoxy groups -OCH3 is 1. The Bertz CT molecular complexity index is 762. The molecule has 0 fully saturated rings. The Morgan fingerprint density at radius 1 is 1.43 bits per heavy atom. The van der Waals surface area contributed by atoms with E-state index in [4.69, 9.17) is 21.6 Å². The summed E-state index contributed by atoms with van der Waals surface area (Å²) in [4.78, 5) is 12.0. The first-order chi connectivity index (χ1) is 10.1. The fourth-order valence-corrected chi connectivity index (χ4v) is 2.17. The summed E-state index contributed by atoms with van der Waals surface area (Å²) in [6, 6.07) is 8.50. The summed E-state index contributed by atoms with van der Waals surface area (Å²) in [6.45, 7) is 2.39. The van der Waals surface area contributed by atoms with E-state index in [1.807, 2.05) is 13.0 Å². The predicted octanol–water partition coefficient (Wildman–Crippen LogP) is 2.85. The maximum atomic E-state index is 12.0. The molecule has 0 N–H and O–H groups in total. The molecule has 5 nitrogen and oxygen atoms in total. The van der Waals surface area contributed by atoms with Gasteiger partial charge in [0.05, 0.1) is 12.8 Å². The Balaban J connectivity index is 2.70. The van der Waals surface area contributed by atoms with Crippen LogP contribution in [0, 0.1) is 11.3 Å². The van der Waals surface area contributed by atoms with Gasteiger partial charge in [-0.25, -0.2) is 4.68 Å². The third-order valence-electron chi connectivity index (χ3n) is 2.97. The zero-order chi connectivity index (χ0) is 15.4. The number of aryl methyl sites for hydroxylation is 1. The maximum absolute atomic E-state index is 12.0. The minimum Gasteiger partial charge on any atom is -0.496 e. The van der Waals surface area contributed by atoms with Crippen molar-refractivity contribution in [3.63, 3.8) is 0 Å². The van der Waals surface area contributed by atoms with E-state index >= 15 is 0 Å². The maximum Gasteiger partial charge on any atom is 0.284 e. The summed E-state index contributed by atoms with van der Waals surface area (Å²) in [7, 11) is 1.54. The van der Waals surface area contributed by atoms with Crippen LogP contribution in [0.4, 0.5) is 0 Å². The third-order valence-corrected chi connectivity index (χ3v) is 3.20. The number of halogens is 1. The monoisotopic (exact) mass is 303 g/mol. The van der Waals surface area contributed by atoms with Crippen molar-refractivity contribution in [2.45, 2.75) is 19.9 Å². The average molecular weight is 304 g/mol. The first-order valence-electron chi connectivity index (χ1n) is 6.47. The van der Waals surface area contributed by atoms with Crippen LogP contribution in [0.15, 0.2) is 29.1 Å². The molecule has 0 bridgehead atoms. The van der Waals surface area contributed by atoms with Gasteiger partial charge in [0.15, 0.2) is 0 Å². The highest BCUT2D eigenvalue weighted by Gasteiger charge is 2.13. The second-order valence-electron chi connectivity index (χ2n) is 4.43. The Labute approximate surface area is 127 Å². The SMILES string of the molecule is CCCn1nc(-c2cc(Cl)ccc2OC)cc(C#N)c1=O. The number of aromatic nitrogens is 2. The average Bonchev–Trinajstić information content (AvgIpc) is 2.49. The number of rotatable bonds is 4. The van der Waals surface area contributed by atoms with Gasteiger partial charge in [-0.15, -0.1) is 0 Å². The van der Waals surface area contributed by atoms with Gasteiger partial charge in [0.1, 0.15) is 17.4 Å². The number of nitrogens with zero attached hydrogens (tertiary/aromatic N) is 3. The molecule has 0 aliphatic carbocycles. The van der Waals surface area contributed by atoms with Crippen molar-refractivity contribution >= 4 is 11.6 Å². The normalized spacial score (nSPS) is 10.2. The number of nitriles is 1. The van der Waals surface area contributed by atoms with E-state index in [1.54, 1.807) is 25.3 Å². The molecule has 0 aliphatic heterocycles. The van der Waals surface area contributed by atoms with Gasteiger partial charge in [0, 0.05) is 17.1 Å². The summed E-state index contributed by atoms with van der Waals surface area (Å²) in [6.07, 6.45) is 0.744. The van der Waals surface area contributed by atoms with Gasteiger partial charge in [0.25, 0.3) is 5.56 Å². The molecular weight excluding hydrogens is 290 g/mol. The summed E-state index contributed by atoms with van der Waals surface area (Å²) >= 11 is 6.01. The van der Waals surface area contributed by atoms with Crippen molar-refractivity contribution < 1.29 is 4.74 Å². The third kappa shape index (κ3) is 3.06. The zero-order valence-corrected chi connectivity index (χ0v) is 12.5. The largest absolute Gasteiger partial charge is 0.496 e. The molecule has 1 heterocycles. The van der Waals surface area contributed by atoms with E-state index in [2.05, 4.69) is 5.10 Å². The standard InChI is InChI=1S/C15H14ClN3O2/c1-3-6-19-15(20)10(9-17)7-13(18-19)12-8-11(16)4-5-14(12)21-2/h4-5,7-8H,3,6H2,1-2H3. The molecule has 108 valence electrons. The second-order valence-corrected chi connectivity index (χ2v) is 4.86. The Morgan fingerprint density at radius 2 is 2.19 bits per heavy atom. The summed E-state index contributed by atoms with van der Waals surface area (Å²) in [5.41, 5.74) is 0.796. The van der Waals surface area contributed by atoms with E-state index in [9.17, 15) is 4.79 Å². The van der Waals surface area contributed by atoms with Crippen molar-refractivity contribution in [3.05, 3.63) is 45.2 Å². The molecule has 0 aliphatic rings. The van der Waals surface area contributed by atoms with Crippen LogP contribution >= 0.6 is 11.6 Å². The summed E-state index contributed by atoms with van der Waals surface area (Å²) in [5.74, 6) is 0.581. The predicted molar refractivity (Wildman–Crippen MR) is 80.5 cm³/mol. The summed E-state index contributed by atoms with van der Waals surface area (Å²) < 4.78 is 6.59. The van der Waals surface area contributed by atoms with E-state index in [0.717, 1.165) is 6.42 Å². The van der Waals surface area contributed by atoms with Crippen LogP contribution in [-0.2, 0) is 6.54 Å². The van der Waals surface area contributed by atoms with Crippen molar-refractivity contribution in [2.24, 2.45) is 0 Å². The molecule has 0 unspecified atom stereocenters. The first kappa shape index (κ1) is 15.1. The van der Waals surface area contributed by atoms with Crippen LogP contribution in [0.5, 0.6) is 5.75 Å². The van der Waals surface area contributed by atoms with Gasteiger partial charge in [0.2, 0.25) is 0 Å². The van der Waals surface area contributed by atoms with Gasteiger partial charge in [-0.1, -0.05) is 18.5 Å². The molecule has 6 heteroatoms. The Kier molecular flexibility index (Phi) is 4.61. The molecule has 0 saturated carbocycles. The smallest absolute Gasteiger partial charge is 0.284 e. The van der Waals surface area contributed by atoms with Gasteiger partial charge < -0.3 is 4.74 Å². The number of ether oxygens (including phenoxy) is 1. The molecule has 2 aromatic rings. The van der Waals surface area contributed by atoms with Crippen LogP contribution in [-0.4, -0.2) is 16.9 Å². The number of hydrogen-bond donors (Lipinski definition) is 0. The molecule has 0 atom stereocenters. The molecule has 1 aromatic heterocycles. The van der Waals surface area contributed by atoms with E-state index in [-0.39, 0.29) is 11.1 Å². The molecule has 0 radical (unpaired) electrons. The fraction of sp³-hybridized carbons (Fsp3) is 0.267. The number of hydrogen-bond acceptors (Lipinski definition) is 4. The minimum atomic E-state index is -0.385. The van der Waals surface area contributed by atoms with Crippen LogP contribution in [0.3, 0.4) is 0 Å². The van der Waals surface area contributed by atoms with E-state index in [0.29, 0.717) is 28.6 Å². The molecular formula is C15H14ClN3O2. The lowest BCUT2D eigenvalue weighted by Gasteiger charge is -2.11. The van der Waals surface area contributed by atoms with Crippen molar-refractivity contribution in [2.75, 3.05) is 7.11 Å². The minimum absolute atomic E-state index is 0.0514. The number of benzene rings is 1. The van der Waals surface area contributed by atoms with Crippen LogP contribution < -0.4 is 10.3 Å². The first-order valence-corrected chi connectivity index (χ1v) is 6.84.